The van der Waals surface area contributed by atoms with E-state index in [1.807, 2.05) is 12.1 Å². The lowest BCUT2D eigenvalue weighted by Gasteiger charge is -2.34. The first-order valence-electron chi connectivity index (χ1n) is 7.07. The summed E-state index contributed by atoms with van der Waals surface area (Å²) in [6.07, 6.45) is 3.24. The number of H-pyrrole nitrogens is 1. The van der Waals surface area contributed by atoms with Crippen LogP contribution in [0.15, 0.2) is 41.4 Å². The fourth-order valence-corrected chi connectivity index (χ4v) is 2.98. The van der Waals surface area contributed by atoms with Crippen LogP contribution in [0.2, 0.25) is 0 Å². The summed E-state index contributed by atoms with van der Waals surface area (Å²) in [6, 6.07) is 8.25. The molecule has 0 aliphatic carbocycles. The van der Waals surface area contributed by atoms with Crippen LogP contribution in [0.5, 0.6) is 0 Å². The summed E-state index contributed by atoms with van der Waals surface area (Å²) in [6.45, 7) is 2.23. The molecule has 7 heteroatoms. The lowest BCUT2D eigenvalue weighted by Crippen LogP contribution is -2.39. The van der Waals surface area contributed by atoms with Crippen LogP contribution in [-0.4, -0.2) is 39.6 Å². The Hall–Kier alpha value is -1.99. The van der Waals surface area contributed by atoms with Crippen molar-refractivity contribution < 1.29 is 4.74 Å². The number of aromatic amines is 1. The average Bonchev–Trinajstić information content (AvgIpc) is 3.04. The van der Waals surface area contributed by atoms with E-state index in [0.717, 1.165) is 28.9 Å². The summed E-state index contributed by atoms with van der Waals surface area (Å²) in [5, 5.41) is 0. The number of anilines is 1. The van der Waals surface area contributed by atoms with Gasteiger partial charge >= 0.3 is 0 Å². The Morgan fingerprint density at radius 2 is 2.05 bits per heavy atom. The summed E-state index contributed by atoms with van der Waals surface area (Å²) in [5.74, 6) is 0.882. The van der Waals surface area contributed by atoms with Crippen molar-refractivity contribution in [3.63, 3.8) is 0 Å². The zero-order chi connectivity index (χ0) is 14.9. The second kappa shape index (κ2) is 5.66. The Morgan fingerprint density at radius 1 is 1.18 bits per heavy atom. The highest BCUT2D eigenvalue weighted by atomic mass is 79.9. The van der Waals surface area contributed by atoms with Crippen LogP contribution < -0.4 is 4.90 Å². The molecule has 1 aliphatic rings. The zero-order valence-electron chi connectivity index (χ0n) is 11.7. The van der Waals surface area contributed by atoms with Crippen molar-refractivity contribution in [3.8, 4) is 0 Å². The SMILES string of the molecule is Brc1ccc([C@H]2CN(c3ncnc4nc[nH]c34)CCO2)cc1. The van der Waals surface area contributed by atoms with Crippen molar-refractivity contribution in [1.82, 2.24) is 19.9 Å². The first kappa shape index (κ1) is 13.7. The van der Waals surface area contributed by atoms with Crippen molar-refractivity contribution in [1.29, 1.82) is 0 Å². The van der Waals surface area contributed by atoms with E-state index in [4.69, 9.17) is 4.74 Å². The number of aromatic nitrogens is 4. The van der Waals surface area contributed by atoms with Crippen molar-refractivity contribution in [3.05, 3.63) is 47.0 Å². The monoisotopic (exact) mass is 359 g/mol. The van der Waals surface area contributed by atoms with E-state index in [-0.39, 0.29) is 6.10 Å². The molecule has 1 saturated heterocycles. The van der Waals surface area contributed by atoms with Gasteiger partial charge in [-0.15, -0.1) is 0 Å². The number of rotatable bonds is 2. The molecule has 0 bridgehead atoms. The van der Waals surface area contributed by atoms with Gasteiger partial charge in [-0.2, -0.15) is 0 Å². The van der Waals surface area contributed by atoms with Gasteiger partial charge in [0.05, 0.1) is 12.9 Å². The number of ether oxygens (including phenoxy) is 1. The van der Waals surface area contributed by atoms with Crippen LogP contribution >= 0.6 is 15.9 Å². The number of nitrogens with zero attached hydrogens (tertiary/aromatic N) is 4. The van der Waals surface area contributed by atoms with Gasteiger partial charge in [-0.3, -0.25) is 0 Å². The molecule has 0 unspecified atom stereocenters. The number of nitrogens with one attached hydrogen (secondary N) is 1. The molecule has 1 atom stereocenters. The number of fused-ring (bicyclic) bond motifs is 1. The number of hydrogen-bond acceptors (Lipinski definition) is 5. The molecule has 3 heterocycles. The quantitative estimate of drug-likeness (QED) is 0.761. The summed E-state index contributed by atoms with van der Waals surface area (Å²) in [4.78, 5) is 18.1. The maximum atomic E-state index is 5.92. The number of hydrogen-bond donors (Lipinski definition) is 1. The summed E-state index contributed by atoms with van der Waals surface area (Å²) >= 11 is 3.46. The Balaban J connectivity index is 1.63. The molecule has 4 rings (SSSR count). The van der Waals surface area contributed by atoms with E-state index < -0.39 is 0 Å². The Labute approximate surface area is 135 Å². The van der Waals surface area contributed by atoms with Gasteiger partial charge in [0, 0.05) is 17.6 Å². The van der Waals surface area contributed by atoms with Gasteiger partial charge in [0.25, 0.3) is 0 Å². The molecule has 2 aromatic heterocycles. The highest BCUT2D eigenvalue weighted by Gasteiger charge is 2.24. The van der Waals surface area contributed by atoms with E-state index in [0.29, 0.717) is 12.3 Å². The molecular formula is C15H14BrN5O. The second-order valence-electron chi connectivity index (χ2n) is 5.16. The van der Waals surface area contributed by atoms with Crippen molar-refractivity contribution in [2.75, 3.05) is 24.6 Å². The molecule has 1 N–H and O–H groups in total. The molecular weight excluding hydrogens is 346 g/mol. The Morgan fingerprint density at radius 3 is 2.91 bits per heavy atom. The lowest BCUT2D eigenvalue weighted by atomic mass is 10.1. The van der Waals surface area contributed by atoms with Crippen LogP contribution in [0, 0.1) is 0 Å². The Kier molecular flexibility index (Phi) is 3.51. The maximum Gasteiger partial charge on any atom is 0.182 e. The fraction of sp³-hybridized carbons (Fsp3) is 0.267. The number of benzene rings is 1. The first-order valence-corrected chi connectivity index (χ1v) is 7.86. The molecule has 0 saturated carbocycles. The smallest absolute Gasteiger partial charge is 0.182 e. The van der Waals surface area contributed by atoms with Gasteiger partial charge in [0.2, 0.25) is 0 Å². The first-order chi connectivity index (χ1) is 10.8. The third-order valence-corrected chi connectivity index (χ3v) is 4.34. The molecule has 3 aromatic rings. The largest absolute Gasteiger partial charge is 0.370 e. The van der Waals surface area contributed by atoms with Gasteiger partial charge in [-0.25, -0.2) is 15.0 Å². The van der Waals surface area contributed by atoms with E-state index in [9.17, 15) is 0 Å². The summed E-state index contributed by atoms with van der Waals surface area (Å²) in [7, 11) is 0. The molecule has 22 heavy (non-hydrogen) atoms. The van der Waals surface area contributed by atoms with Gasteiger partial charge in [-0.05, 0) is 17.7 Å². The van der Waals surface area contributed by atoms with Gasteiger partial charge in [0.1, 0.15) is 17.9 Å². The van der Waals surface area contributed by atoms with Crippen molar-refractivity contribution in [2.24, 2.45) is 0 Å². The van der Waals surface area contributed by atoms with Gasteiger partial charge < -0.3 is 14.6 Å². The fourth-order valence-electron chi connectivity index (χ4n) is 2.71. The van der Waals surface area contributed by atoms with Crippen LogP contribution in [0.1, 0.15) is 11.7 Å². The van der Waals surface area contributed by atoms with Crippen molar-refractivity contribution >= 4 is 32.9 Å². The molecule has 6 nitrogen and oxygen atoms in total. The zero-order valence-corrected chi connectivity index (χ0v) is 13.3. The van der Waals surface area contributed by atoms with Crippen LogP contribution in [0.25, 0.3) is 11.2 Å². The highest BCUT2D eigenvalue weighted by molar-refractivity contribution is 9.10. The molecule has 1 fully saturated rings. The van der Waals surface area contributed by atoms with Gasteiger partial charge in [0.15, 0.2) is 11.5 Å². The highest BCUT2D eigenvalue weighted by Crippen LogP contribution is 2.28. The number of halogens is 1. The molecule has 1 aromatic carbocycles. The van der Waals surface area contributed by atoms with Crippen LogP contribution in [0.3, 0.4) is 0 Å². The number of imidazole rings is 1. The molecule has 112 valence electrons. The van der Waals surface area contributed by atoms with Gasteiger partial charge in [-0.1, -0.05) is 28.1 Å². The Bertz CT molecular complexity index is 788. The van der Waals surface area contributed by atoms with Crippen LogP contribution in [-0.2, 0) is 4.74 Å². The maximum absolute atomic E-state index is 5.92. The average molecular weight is 360 g/mol. The minimum Gasteiger partial charge on any atom is -0.370 e. The summed E-state index contributed by atoms with van der Waals surface area (Å²) in [5.41, 5.74) is 2.73. The van der Waals surface area contributed by atoms with Crippen LogP contribution in [0.4, 0.5) is 5.82 Å². The number of morpholine rings is 1. The summed E-state index contributed by atoms with van der Waals surface area (Å²) < 4.78 is 6.99. The van der Waals surface area contributed by atoms with Crippen molar-refractivity contribution in [2.45, 2.75) is 6.10 Å². The predicted octanol–water partition coefficient (Wildman–Crippen LogP) is 2.69. The second-order valence-corrected chi connectivity index (χ2v) is 6.07. The van der Waals surface area contributed by atoms with E-state index in [1.165, 1.54) is 5.56 Å². The standard InChI is InChI=1S/C15H14BrN5O/c16-11-3-1-10(2-4-11)12-7-21(5-6-22-12)15-13-14(18-8-17-13)19-9-20-15/h1-4,8-9,12H,5-7H2,(H,17,18,19,20)/t12-/m1/s1. The molecule has 0 spiro atoms. The van der Waals surface area contributed by atoms with E-state index in [2.05, 4.69) is 52.9 Å². The molecule has 0 amide bonds. The topological polar surface area (TPSA) is 66.9 Å². The minimum absolute atomic E-state index is 0.0368. The molecule has 0 radical (unpaired) electrons. The van der Waals surface area contributed by atoms with E-state index in [1.54, 1.807) is 12.7 Å². The molecule has 1 aliphatic heterocycles. The third kappa shape index (κ3) is 2.46. The lowest BCUT2D eigenvalue weighted by molar-refractivity contribution is 0.0396. The predicted molar refractivity (Wildman–Crippen MR) is 86.7 cm³/mol. The third-order valence-electron chi connectivity index (χ3n) is 3.81. The van der Waals surface area contributed by atoms with E-state index >= 15 is 0 Å². The normalized spacial score (nSPS) is 18.8. The minimum atomic E-state index is 0.0368.